The van der Waals surface area contributed by atoms with E-state index in [1.165, 1.54) is 5.56 Å². The molecule has 1 atom stereocenters. The van der Waals surface area contributed by atoms with Crippen LogP contribution in [0.2, 0.25) is 5.02 Å². The van der Waals surface area contributed by atoms with Crippen LogP contribution < -0.4 is 10.5 Å². The van der Waals surface area contributed by atoms with E-state index < -0.39 is 0 Å². The normalized spacial score (nSPS) is 20.4. The molecule has 0 bridgehead atoms. The molecule has 1 aromatic carbocycles. The van der Waals surface area contributed by atoms with Crippen molar-refractivity contribution in [3.05, 3.63) is 67.5 Å². The molecule has 0 saturated carbocycles. The summed E-state index contributed by atoms with van der Waals surface area (Å²) < 4.78 is 1.78. The van der Waals surface area contributed by atoms with E-state index in [0.29, 0.717) is 50.7 Å². The van der Waals surface area contributed by atoms with E-state index in [1.54, 1.807) is 11.1 Å². The van der Waals surface area contributed by atoms with Gasteiger partial charge in [0, 0.05) is 56.3 Å². The van der Waals surface area contributed by atoms with Crippen molar-refractivity contribution in [3.8, 4) is 0 Å². The van der Waals surface area contributed by atoms with Crippen LogP contribution in [0.4, 0.5) is 4.79 Å². The number of nitrogens with two attached hydrogens (primary N) is 1. The fourth-order valence-electron chi connectivity index (χ4n) is 5.90. The molecule has 3 heterocycles. The molecule has 37 heavy (non-hydrogen) atoms. The Hall–Kier alpha value is -2.36. The molecule has 3 amide bonds. The zero-order valence-corrected chi connectivity index (χ0v) is 22.5. The lowest BCUT2D eigenvalue weighted by molar-refractivity contribution is -0.617. The van der Waals surface area contributed by atoms with Crippen LogP contribution in [-0.2, 0) is 17.6 Å². The Kier molecular flexibility index (Phi) is 8.66. The number of piperazine rings is 1. The highest BCUT2D eigenvalue weighted by molar-refractivity contribution is 9.10. The lowest BCUT2D eigenvalue weighted by Gasteiger charge is -2.39. The van der Waals surface area contributed by atoms with Crippen LogP contribution in [0.25, 0.3) is 0 Å². The zero-order chi connectivity index (χ0) is 25.4. The molecule has 1 aromatic heterocycles. The second-order valence-corrected chi connectivity index (χ2v) is 11.4. The predicted octanol–water partition coefficient (Wildman–Crippen LogP) is 3.89. The SMILES string of the molecule is C.NC(=O)N1CCC(CC(=O)N2CCN([C@H]3c4ccc(Cl)cc4CCc4cc(Br)c[n+]([O-])c43)CC2)CC1. The molecular formula is C27H35BrClN5O3. The first-order valence-electron chi connectivity index (χ1n) is 12.6. The van der Waals surface area contributed by atoms with Gasteiger partial charge in [-0.15, -0.1) is 0 Å². The molecule has 2 fully saturated rings. The van der Waals surface area contributed by atoms with Gasteiger partial charge in [-0.05, 0) is 76.9 Å². The van der Waals surface area contributed by atoms with E-state index in [1.807, 2.05) is 23.1 Å². The summed E-state index contributed by atoms with van der Waals surface area (Å²) in [6.45, 7) is 3.88. The number of aromatic nitrogens is 1. The summed E-state index contributed by atoms with van der Waals surface area (Å²) in [4.78, 5) is 30.4. The van der Waals surface area contributed by atoms with Gasteiger partial charge in [0.2, 0.25) is 11.6 Å². The van der Waals surface area contributed by atoms with Crippen LogP contribution >= 0.6 is 27.5 Å². The third kappa shape index (κ3) is 5.89. The monoisotopic (exact) mass is 591 g/mol. The van der Waals surface area contributed by atoms with Crippen LogP contribution in [0.15, 0.2) is 34.9 Å². The molecule has 2 aromatic rings. The van der Waals surface area contributed by atoms with Crippen molar-refractivity contribution < 1.29 is 14.3 Å². The lowest BCUT2D eigenvalue weighted by Crippen LogP contribution is -2.52. The molecule has 0 unspecified atom stereocenters. The Labute approximate surface area is 232 Å². The van der Waals surface area contributed by atoms with E-state index in [-0.39, 0.29) is 31.3 Å². The second-order valence-electron chi connectivity index (χ2n) is 10.0. The number of likely N-dealkylation sites (tertiary alicyclic amines) is 1. The van der Waals surface area contributed by atoms with Crippen molar-refractivity contribution in [2.75, 3.05) is 39.3 Å². The van der Waals surface area contributed by atoms with Crippen molar-refractivity contribution in [2.24, 2.45) is 11.7 Å². The fourth-order valence-corrected chi connectivity index (χ4v) is 6.56. The van der Waals surface area contributed by atoms with E-state index in [9.17, 15) is 14.8 Å². The summed E-state index contributed by atoms with van der Waals surface area (Å²) in [5.41, 5.74) is 9.46. The highest BCUT2D eigenvalue weighted by Gasteiger charge is 2.37. The van der Waals surface area contributed by atoms with Gasteiger partial charge in [-0.25, -0.2) is 4.79 Å². The number of nitrogens with zero attached hydrogens (tertiary/aromatic N) is 4. The number of urea groups is 1. The summed E-state index contributed by atoms with van der Waals surface area (Å²) >= 11 is 9.81. The number of hydrogen-bond donors (Lipinski definition) is 1. The van der Waals surface area contributed by atoms with Gasteiger partial charge < -0.3 is 20.7 Å². The summed E-state index contributed by atoms with van der Waals surface area (Å²) in [6.07, 6.45) is 5.30. The molecule has 0 spiro atoms. The van der Waals surface area contributed by atoms with Crippen molar-refractivity contribution in [1.82, 2.24) is 14.7 Å². The Bertz CT molecular complexity index is 1160. The molecule has 8 nitrogen and oxygen atoms in total. The van der Waals surface area contributed by atoms with Crippen molar-refractivity contribution in [2.45, 2.75) is 45.6 Å². The molecular weight excluding hydrogens is 558 g/mol. The minimum absolute atomic E-state index is 0. The maximum atomic E-state index is 13.2. The summed E-state index contributed by atoms with van der Waals surface area (Å²) in [6, 6.07) is 7.45. The molecule has 3 aliphatic rings. The minimum atomic E-state index is -0.383. The number of piperidine rings is 1. The van der Waals surface area contributed by atoms with Gasteiger partial charge in [-0.3, -0.25) is 9.69 Å². The first kappa shape index (κ1) is 27.7. The number of carbonyl (C=O) groups is 2. The third-order valence-corrected chi connectivity index (χ3v) is 8.53. The number of benzene rings is 1. The summed E-state index contributed by atoms with van der Waals surface area (Å²) in [7, 11) is 0. The van der Waals surface area contributed by atoms with Crippen LogP contribution in [0.5, 0.6) is 0 Å². The molecule has 1 aliphatic carbocycles. The standard InChI is InChI=1S/C26H31BrClN5O3.CH4/c27-20-14-19-2-1-18-15-21(28)3-4-22(18)25(24(19)33(36)16-20)31-11-9-30(10-12-31)23(34)13-17-5-7-32(8-6-17)26(29)35;/h3-4,14-17,25H,1-2,5-13H2,(H2,29,35);1H4/t25-;/m0./s1. The third-order valence-electron chi connectivity index (χ3n) is 7.86. The fraction of sp³-hybridized carbons (Fsp3) is 0.519. The van der Waals surface area contributed by atoms with Gasteiger partial charge in [0.05, 0.1) is 4.47 Å². The number of hydrogen-bond acceptors (Lipinski definition) is 4. The predicted molar refractivity (Wildman–Crippen MR) is 147 cm³/mol. The van der Waals surface area contributed by atoms with Gasteiger partial charge in [0.1, 0.15) is 6.04 Å². The summed E-state index contributed by atoms with van der Waals surface area (Å²) in [5.74, 6) is 0.456. The number of aryl methyl sites for hydroxylation is 2. The zero-order valence-electron chi connectivity index (χ0n) is 20.2. The molecule has 2 aliphatic heterocycles. The molecule has 5 rings (SSSR count). The lowest BCUT2D eigenvalue weighted by atomic mass is 9.93. The van der Waals surface area contributed by atoms with Crippen molar-refractivity contribution in [1.29, 1.82) is 0 Å². The van der Waals surface area contributed by atoms with Gasteiger partial charge in [-0.1, -0.05) is 25.1 Å². The van der Waals surface area contributed by atoms with E-state index in [2.05, 4.69) is 26.9 Å². The Morgan fingerprint density at radius 1 is 1.03 bits per heavy atom. The minimum Gasteiger partial charge on any atom is -0.618 e. The molecule has 0 radical (unpaired) electrons. The molecule has 200 valence electrons. The number of primary amides is 1. The maximum absolute atomic E-state index is 13.2. The molecule has 2 N–H and O–H groups in total. The number of amides is 3. The average Bonchev–Trinajstić information content (AvgIpc) is 3.01. The average molecular weight is 593 g/mol. The van der Waals surface area contributed by atoms with Gasteiger partial charge >= 0.3 is 6.03 Å². The highest BCUT2D eigenvalue weighted by atomic mass is 79.9. The number of fused-ring (bicyclic) bond motifs is 2. The van der Waals surface area contributed by atoms with Crippen LogP contribution in [-0.4, -0.2) is 65.9 Å². The van der Waals surface area contributed by atoms with Crippen molar-refractivity contribution >= 4 is 39.5 Å². The Morgan fingerprint density at radius 2 is 1.70 bits per heavy atom. The van der Waals surface area contributed by atoms with Crippen LogP contribution in [0, 0.1) is 11.1 Å². The number of rotatable bonds is 3. The first-order valence-corrected chi connectivity index (χ1v) is 13.7. The van der Waals surface area contributed by atoms with Crippen LogP contribution in [0.1, 0.15) is 55.1 Å². The Morgan fingerprint density at radius 3 is 2.38 bits per heavy atom. The quantitative estimate of drug-likeness (QED) is 0.432. The number of pyridine rings is 1. The highest BCUT2D eigenvalue weighted by Crippen LogP contribution is 2.37. The van der Waals surface area contributed by atoms with Gasteiger partial charge in [0.25, 0.3) is 0 Å². The smallest absolute Gasteiger partial charge is 0.314 e. The molecule has 2 saturated heterocycles. The first-order chi connectivity index (χ1) is 17.3. The number of halogens is 2. The van der Waals surface area contributed by atoms with Crippen molar-refractivity contribution in [3.63, 3.8) is 0 Å². The van der Waals surface area contributed by atoms with Gasteiger partial charge in [0.15, 0.2) is 6.20 Å². The topological polar surface area (TPSA) is 96.8 Å². The Balaban J connectivity index is 0.00000320. The molecule has 10 heteroatoms. The summed E-state index contributed by atoms with van der Waals surface area (Å²) in [5, 5.41) is 13.9. The second kappa shape index (κ2) is 11.6. The van der Waals surface area contributed by atoms with Crippen LogP contribution in [0.3, 0.4) is 0 Å². The van der Waals surface area contributed by atoms with E-state index in [0.717, 1.165) is 51.7 Å². The van der Waals surface area contributed by atoms with E-state index >= 15 is 0 Å². The van der Waals surface area contributed by atoms with Gasteiger partial charge in [-0.2, -0.15) is 4.73 Å². The largest absolute Gasteiger partial charge is 0.618 e. The number of carbonyl (C=O) groups excluding carboxylic acids is 2. The maximum Gasteiger partial charge on any atom is 0.314 e. The van der Waals surface area contributed by atoms with E-state index in [4.69, 9.17) is 17.3 Å².